The molecule has 2 heterocycles. The van der Waals surface area contributed by atoms with E-state index < -0.39 is 5.54 Å². The van der Waals surface area contributed by atoms with Gasteiger partial charge < -0.3 is 20.5 Å². The number of aromatic nitrogens is 2. The predicted molar refractivity (Wildman–Crippen MR) is 97.0 cm³/mol. The van der Waals surface area contributed by atoms with Crippen LogP contribution in [0.2, 0.25) is 0 Å². The van der Waals surface area contributed by atoms with Gasteiger partial charge in [0, 0.05) is 12.8 Å². The van der Waals surface area contributed by atoms with Gasteiger partial charge in [0.15, 0.2) is 5.82 Å². The van der Waals surface area contributed by atoms with E-state index in [0.29, 0.717) is 29.5 Å². The van der Waals surface area contributed by atoms with Crippen LogP contribution < -0.4 is 16.0 Å². The molecule has 1 saturated carbocycles. The first-order valence-corrected chi connectivity index (χ1v) is 8.36. The maximum atomic E-state index is 12.6. The van der Waals surface area contributed by atoms with E-state index in [2.05, 4.69) is 15.5 Å². The first-order valence-electron chi connectivity index (χ1n) is 8.36. The molecule has 1 aliphatic heterocycles. The standard InChI is InChI=1S/C17H19N5O3.ClH/c18-17(8-3-9-17)16-20-14(25-21-16)6-7-15(24)22-10-13(23)19-11-4-1-2-5-12(11)22;/h1-2,4-5H,3,6-10,18H2,(H,19,23);1H. The molecule has 0 bridgehead atoms. The van der Waals surface area contributed by atoms with Gasteiger partial charge in [0.25, 0.3) is 0 Å². The summed E-state index contributed by atoms with van der Waals surface area (Å²) in [6.45, 7) is 0.0108. The average Bonchev–Trinajstić information content (AvgIpc) is 3.06. The van der Waals surface area contributed by atoms with E-state index in [0.717, 1.165) is 19.3 Å². The number of para-hydroxylation sites is 2. The average molecular weight is 378 g/mol. The van der Waals surface area contributed by atoms with Crippen LogP contribution in [-0.4, -0.2) is 28.5 Å². The van der Waals surface area contributed by atoms with E-state index in [1.54, 1.807) is 6.07 Å². The Morgan fingerprint density at radius 2 is 2.12 bits per heavy atom. The van der Waals surface area contributed by atoms with Crippen molar-refractivity contribution < 1.29 is 14.1 Å². The molecule has 1 aromatic carbocycles. The summed E-state index contributed by atoms with van der Waals surface area (Å²) in [6, 6.07) is 7.23. The number of halogens is 1. The topological polar surface area (TPSA) is 114 Å². The molecule has 0 radical (unpaired) electrons. The van der Waals surface area contributed by atoms with Crippen LogP contribution in [0, 0.1) is 0 Å². The van der Waals surface area contributed by atoms with Crippen molar-refractivity contribution in [2.75, 3.05) is 16.8 Å². The fourth-order valence-electron chi connectivity index (χ4n) is 3.14. The molecular weight excluding hydrogens is 358 g/mol. The molecule has 9 heteroatoms. The highest BCUT2D eigenvalue weighted by Crippen LogP contribution is 2.37. The normalized spacial score (nSPS) is 17.6. The van der Waals surface area contributed by atoms with Crippen molar-refractivity contribution in [1.82, 2.24) is 10.1 Å². The Balaban J connectivity index is 0.00000196. The molecular formula is C17H20ClN5O3. The van der Waals surface area contributed by atoms with Crippen molar-refractivity contribution in [3.05, 3.63) is 36.0 Å². The number of nitrogens with one attached hydrogen (secondary N) is 1. The van der Waals surface area contributed by atoms with E-state index in [1.165, 1.54) is 4.90 Å². The third-order valence-corrected chi connectivity index (χ3v) is 4.78. The number of amides is 2. The summed E-state index contributed by atoms with van der Waals surface area (Å²) in [5.74, 6) is 0.550. The van der Waals surface area contributed by atoms with Crippen LogP contribution in [0.25, 0.3) is 0 Å². The van der Waals surface area contributed by atoms with Gasteiger partial charge in [-0.05, 0) is 31.4 Å². The van der Waals surface area contributed by atoms with Gasteiger partial charge in [-0.3, -0.25) is 9.59 Å². The molecule has 1 aromatic heterocycles. The molecule has 3 N–H and O–H groups in total. The molecule has 0 unspecified atom stereocenters. The zero-order chi connectivity index (χ0) is 17.4. The number of fused-ring (bicyclic) bond motifs is 1. The van der Waals surface area contributed by atoms with Gasteiger partial charge in [-0.25, -0.2) is 0 Å². The Morgan fingerprint density at radius 3 is 2.85 bits per heavy atom. The number of benzene rings is 1. The number of carbonyl (C=O) groups is 2. The highest BCUT2D eigenvalue weighted by molar-refractivity contribution is 6.09. The zero-order valence-corrected chi connectivity index (χ0v) is 14.9. The second kappa shape index (κ2) is 7.05. The van der Waals surface area contributed by atoms with E-state index in [9.17, 15) is 9.59 Å². The van der Waals surface area contributed by atoms with Crippen LogP contribution in [0.4, 0.5) is 11.4 Å². The Kier molecular flexibility index (Phi) is 4.97. The molecule has 2 amide bonds. The van der Waals surface area contributed by atoms with E-state index >= 15 is 0 Å². The molecule has 138 valence electrons. The van der Waals surface area contributed by atoms with E-state index in [-0.39, 0.29) is 37.2 Å². The molecule has 1 aliphatic carbocycles. The fourth-order valence-corrected chi connectivity index (χ4v) is 3.14. The van der Waals surface area contributed by atoms with Crippen molar-refractivity contribution in [2.45, 2.75) is 37.6 Å². The number of hydrogen-bond donors (Lipinski definition) is 2. The van der Waals surface area contributed by atoms with Crippen molar-refractivity contribution in [3.63, 3.8) is 0 Å². The Hall–Kier alpha value is -2.45. The molecule has 2 aromatic rings. The SMILES string of the molecule is Cl.NC1(c2noc(CCC(=O)N3CC(=O)Nc4ccccc43)n2)CCC1. The lowest BCUT2D eigenvalue weighted by molar-refractivity contribution is -0.121. The Bertz CT molecular complexity index is 833. The second-order valence-electron chi connectivity index (χ2n) is 6.57. The van der Waals surface area contributed by atoms with Crippen LogP contribution in [-0.2, 0) is 21.5 Å². The maximum Gasteiger partial charge on any atom is 0.244 e. The van der Waals surface area contributed by atoms with Gasteiger partial charge in [-0.2, -0.15) is 4.98 Å². The summed E-state index contributed by atoms with van der Waals surface area (Å²) in [4.78, 5) is 30.2. The third-order valence-electron chi connectivity index (χ3n) is 4.78. The lowest BCUT2D eigenvalue weighted by Crippen LogP contribution is -2.44. The summed E-state index contributed by atoms with van der Waals surface area (Å²) in [5.41, 5.74) is 7.04. The number of aryl methyl sites for hydroxylation is 1. The van der Waals surface area contributed by atoms with Gasteiger partial charge in [0.05, 0.1) is 16.9 Å². The van der Waals surface area contributed by atoms with Crippen molar-refractivity contribution in [1.29, 1.82) is 0 Å². The minimum Gasteiger partial charge on any atom is -0.339 e. The van der Waals surface area contributed by atoms with Crippen LogP contribution >= 0.6 is 12.4 Å². The predicted octanol–water partition coefficient (Wildman–Crippen LogP) is 1.75. The lowest BCUT2D eigenvalue weighted by atomic mass is 9.77. The number of nitrogens with zero attached hydrogens (tertiary/aromatic N) is 3. The number of rotatable bonds is 4. The summed E-state index contributed by atoms with van der Waals surface area (Å²) in [7, 11) is 0. The lowest BCUT2D eigenvalue weighted by Gasteiger charge is -2.34. The fraction of sp³-hybridized carbons (Fsp3) is 0.412. The number of carbonyl (C=O) groups excluding carboxylic acids is 2. The highest BCUT2D eigenvalue weighted by Gasteiger charge is 2.39. The van der Waals surface area contributed by atoms with Crippen LogP contribution in [0.1, 0.15) is 37.4 Å². The molecule has 8 nitrogen and oxygen atoms in total. The highest BCUT2D eigenvalue weighted by atomic mass is 35.5. The molecule has 1 fully saturated rings. The van der Waals surface area contributed by atoms with Gasteiger partial charge in [-0.1, -0.05) is 17.3 Å². The van der Waals surface area contributed by atoms with Gasteiger partial charge in [0.2, 0.25) is 17.7 Å². The quantitative estimate of drug-likeness (QED) is 0.838. The monoisotopic (exact) mass is 377 g/mol. The van der Waals surface area contributed by atoms with E-state index in [4.69, 9.17) is 10.3 Å². The molecule has 4 rings (SSSR count). The Labute approximate surface area is 156 Å². The molecule has 26 heavy (non-hydrogen) atoms. The summed E-state index contributed by atoms with van der Waals surface area (Å²) in [6.07, 6.45) is 3.27. The van der Waals surface area contributed by atoms with Crippen LogP contribution in [0.3, 0.4) is 0 Å². The van der Waals surface area contributed by atoms with Crippen LogP contribution in [0.5, 0.6) is 0 Å². The van der Waals surface area contributed by atoms with E-state index in [1.807, 2.05) is 18.2 Å². The van der Waals surface area contributed by atoms with Crippen molar-refractivity contribution >= 4 is 35.6 Å². The molecule has 0 spiro atoms. The second-order valence-corrected chi connectivity index (χ2v) is 6.57. The van der Waals surface area contributed by atoms with Gasteiger partial charge >= 0.3 is 0 Å². The minimum atomic E-state index is -0.477. The first-order chi connectivity index (χ1) is 12.0. The van der Waals surface area contributed by atoms with Crippen molar-refractivity contribution in [3.8, 4) is 0 Å². The number of nitrogens with two attached hydrogens (primary N) is 1. The Morgan fingerprint density at radius 1 is 1.35 bits per heavy atom. The molecule has 0 saturated heterocycles. The largest absolute Gasteiger partial charge is 0.339 e. The third kappa shape index (κ3) is 3.30. The van der Waals surface area contributed by atoms with Gasteiger partial charge in [-0.15, -0.1) is 12.4 Å². The molecule has 0 atom stereocenters. The first kappa shape index (κ1) is 18.3. The van der Waals surface area contributed by atoms with Crippen LogP contribution in [0.15, 0.2) is 28.8 Å². The van der Waals surface area contributed by atoms with Gasteiger partial charge in [0.1, 0.15) is 6.54 Å². The smallest absolute Gasteiger partial charge is 0.244 e. The summed E-state index contributed by atoms with van der Waals surface area (Å²) >= 11 is 0. The van der Waals surface area contributed by atoms with Crippen molar-refractivity contribution in [2.24, 2.45) is 5.73 Å². The summed E-state index contributed by atoms with van der Waals surface area (Å²) < 4.78 is 5.22. The minimum absolute atomic E-state index is 0. The maximum absolute atomic E-state index is 12.6. The summed E-state index contributed by atoms with van der Waals surface area (Å²) in [5, 5.41) is 6.71. The molecule has 2 aliphatic rings. The zero-order valence-electron chi connectivity index (χ0n) is 14.1. The number of hydrogen-bond acceptors (Lipinski definition) is 6. The number of anilines is 2.